The van der Waals surface area contributed by atoms with Gasteiger partial charge in [0.1, 0.15) is 17.7 Å². The summed E-state index contributed by atoms with van der Waals surface area (Å²) in [6.07, 6.45) is 2.81. The normalized spacial score (nSPS) is 18.0. The minimum absolute atomic E-state index is 0.583. The fourth-order valence-electron chi connectivity index (χ4n) is 3.37. The maximum absolute atomic E-state index is 13.2. The number of para-hydroxylation sites is 1. The summed E-state index contributed by atoms with van der Waals surface area (Å²) in [5.74, 6) is 0.842. The molecule has 3 aromatic rings. The first-order chi connectivity index (χ1) is 12.3. The lowest BCUT2D eigenvalue weighted by molar-refractivity contribution is 0.287. The first-order valence-corrected chi connectivity index (χ1v) is 8.79. The van der Waals surface area contributed by atoms with E-state index in [1.807, 2.05) is 30.3 Å². The van der Waals surface area contributed by atoms with Crippen molar-refractivity contribution in [2.45, 2.75) is 19.0 Å². The van der Waals surface area contributed by atoms with Gasteiger partial charge in [-0.15, -0.1) is 0 Å². The molecular weight excluding hydrogens is 317 g/mol. The molecule has 2 aromatic heterocycles. The molecule has 130 valence electrons. The Morgan fingerprint density at radius 2 is 2.20 bits per heavy atom. The number of anilines is 1. The second kappa shape index (κ2) is 7.19. The molecule has 1 aliphatic rings. The third-order valence-corrected chi connectivity index (χ3v) is 4.68. The molecule has 4 rings (SSSR count). The van der Waals surface area contributed by atoms with Crippen LogP contribution < -0.4 is 5.32 Å². The van der Waals surface area contributed by atoms with Crippen molar-refractivity contribution >= 4 is 16.7 Å². The second-order valence-corrected chi connectivity index (χ2v) is 6.51. The zero-order chi connectivity index (χ0) is 17.1. The zero-order valence-corrected chi connectivity index (χ0v) is 14.1. The molecule has 1 saturated heterocycles. The number of fused-ring (bicyclic) bond motifs is 1. The van der Waals surface area contributed by atoms with Crippen LogP contribution in [-0.2, 0) is 0 Å². The van der Waals surface area contributed by atoms with Gasteiger partial charge in [0.05, 0.1) is 5.52 Å². The summed E-state index contributed by atoms with van der Waals surface area (Å²) in [7, 11) is 0. The predicted molar refractivity (Wildman–Crippen MR) is 98.4 cm³/mol. The highest BCUT2D eigenvalue weighted by molar-refractivity contribution is 5.93. The smallest absolute Gasteiger partial charge is 0.126 e. The number of hydrogen-bond acceptors (Lipinski definition) is 4. The molecule has 1 aromatic carbocycles. The average Bonchev–Trinajstić information content (AvgIpc) is 3.25. The van der Waals surface area contributed by atoms with E-state index in [1.165, 1.54) is 0 Å². The number of pyridine rings is 1. The maximum atomic E-state index is 13.2. The fourth-order valence-corrected chi connectivity index (χ4v) is 3.37. The third kappa shape index (κ3) is 3.64. The molecule has 0 saturated carbocycles. The fraction of sp³-hybridized carbons (Fsp3) is 0.368. The van der Waals surface area contributed by atoms with E-state index < -0.39 is 6.17 Å². The van der Waals surface area contributed by atoms with Gasteiger partial charge in [0.25, 0.3) is 0 Å². The van der Waals surface area contributed by atoms with Crippen LogP contribution in [0.25, 0.3) is 22.2 Å². The zero-order valence-electron chi connectivity index (χ0n) is 14.1. The van der Waals surface area contributed by atoms with Crippen molar-refractivity contribution in [2.75, 3.05) is 31.5 Å². The molecule has 1 unspecified atom stereocenters. The summed E-state index contributed by atoms with van der Waals surface area (Å²) in [5.41, 5.74) is 3.00. The number of H-pyrrole nitrogens is 1. The number of aromatic amines is 1. The number of nitrogens with one attached hydrogen (secondary N) is 2. The van der Waals surface area contributed by atoms with Gasteiger partial charge in [-0.05, 0) is 37.6 Å². The topological polar surface area (TPSA) is 56.8 Å². The highest BCUT2D eigenvalue weighted by Gasteiger charge is 2.20. The Morgan fingerprint density at radius 3 is 3.08 bits per heavy atom. The largest absolute Gasteiger partial charge is 0.370 e. The molecule has 25 heavy (non-hydrogen) atoms. The first-order valence-electron chi connectivity index (χ1n) is 8.79. The third-order valence-electron chi connectivity index (χ3n) is 4.68. The molecule has 0 aliphatic carbocycles. The van der Waals surface area contributed by atoms with E-state index in [0.717, 1.165) is 54.0 Å². The van der Waals surface area contributed by atoms with Crippen LogP contribution >= 0.6 is 0 Å². The van der Waals surface area contributed by atoms with Gasteiger partial charge in [-0.25, -0.2) is 9.37 Å². The highest BCUT2D eigenvalue weighted by atomic mass is 19.1. The van der Waals surface area contributed by atoms with Gasteiger partial charge in [0.2, 0.25) is 0 Å². The Hall–Kier alpha value is -2.47. The van der Waals surface area contributed by atoms with Crippen molar-refractivity contribution in [3.05, 3.63) is 42.6 Å². The van der Waals surface area contributed by atoms with E-state index in [4.69, 9.17) is 0 Å². The van der Waals surface area contributed by atoms with E-state index in [-0.39, 0.29) is 0 Å². The average molecular weight is 339 g/mol. The Balaban J connectivity index is 1.38. The molecule has 6 heteroatoms. The molecular formula is C19H22FN5. The van der Waals surface area contributed by atoms with Crippen molar-refractivity contribution in [3.63, 3.8) is 0 Å². The lowest BCUT2D eigenvalue weighted by Crippen LogP contribution is -2.24. The minimum Gasteiger partial charge on any atom is -0.370 e. The Morgan fingerprint density at radius 1 is 1.28 bits per heavy atom. The van der Waals surface area contributed by atoms with Crippen LogP contribution in [0.4, 0.5) is 10.2 Å². The van der Waals surface area contributed by atoms with Gasteiger partial charge in [-0.2, -0.15) is 5.10 Å². The van der Waals surface area contributed by atoms with E-state index in [2.05, 4.69) is 31.5 Å². The second-order valence-electron chi connectivity index (χ2n) is 6.51. The molecule has 1 fully saturated rings. The van der Waals surface area contributed by atoms with Crippen molar-refractivity contribution in [2.24, 2.45) is 0 Å². The van der Waals surface area contributed by atoms with E-state index in [1.54, 1.807) is 6.20 Å². The van der Waals surface area contributed by atoms with Crippen molar-refractivity contribution in [1.82, 2.24) is 20.1 Å². The molecule has 3 heterocycles. The summed E-state index contributed by atoms with van der Waals surface area (Å²) < 4.78 is 13.2. The summed E-state index contributed by atoms with van der Waals surface area (Å²) in [6, 6.07) is 12.1. The quantitative estimate of drug-likeness (QED) is 0.675. The van der Waals surface area contributed by atoms with Crippen LogP contribution in [0.15, 0.2) is 42.6 Å². The minimum atomic E-state index is -0.644. The number of rotatable bonds is 6. The lowest BCUT2D eigenvalue weighted by atomic mass is 10.1. The summed E-state index contributed by atoms with van der Waals surface area (Å²) in [5, 5.41) is 12.0. The van der Waals surface area contributed by atoms with Crippen molar-refractivity contribution in [1.29, 1.82) is 0 Å². The Bertz CT molecular complexity index is 846. The Kier molecular flexibility index (Phi) is 4.61. The van der Waals surface area contributed by atoms with Gasteiger partial charge >= 0.3 is 0 Å². The first kappa shape index (κ1) is 16.0. The summed E-state index contributed by atoms with van der Waals surface area (Å²) in [4.78, 5) is 6.57. The molecule has 0 bridgehead atoms. The van der Waals surface area contributed by atoms with Crippen LogP contribution in [0.1, 0.15) is 12.8 Å². The van der Waals surface area contributed by atoms with E-state index in [0.29, 0.717) is 13.0 Å². The number of hydrogen-bond donors (Lipinski definition) is 2. The van der Waals surface area contributed by atoms with Crippen LogP contribution in [0.3, 0.4) is 0 Å². The molecule has 5 nitrogen and oxygen atoms in total. The van der Waals surface area contributed by atoms with Gasteiger partial charge in [0.15, 0.2) is 0 Å². The SMILES string of the molecule is FC1CCN(CCCNc2cc(-c3n[nH]c4ccccc34)ccn2)C1. The number of alkyl halides is 1. The predicted octanol–water partition coefficient (Wildman–Crippen LogP) is 3.47. The van der Waals surface area contributed by atoms with Gasteiger partial charge < -0.3 is 10.2 Å². The van der Waals surface area contributed by atoms with E-state index in [9.17, 15) is 4.39 Å². The van der Waals surface area contributed by atoms with Crippen molar-refractivity contribution < 1.29 is 4.39 Å². The molecule has 0 spiro atoms. The van der Waals surface area contributed by atoms with Gasteiger partial charge in [0, 0.05) is 36.8 Å². The molecule has 1 atom stereocenters. The van der Waals surface area contributed by atoms with Crippen LogP contribution in [0.2, 0.25) is 0 Å². The van der Waals surface area contributed by atoms with Crippen molar-refractivity contribution in [3.8, 4) is 11.3 Å². The monoisotopic (exact) mass is 339 g/mol. The molecule has 0 radical (unpaired) electrons. The van der Waals surface area contributed by atoms with Gasteiger partial charge in [-0.3, -0.25) is 5.10 Å². The standard InChI is InChI=1S/C19H22FN5/c20-15-7-11-25(13-15)10-3-8-21-18-12-14(6-9-22-18)19-16-4-1-2-5-17(16)23-24-19/h1-2,4-6,9,12,15H,3,7-8,10-11,13H2,(H,21,22)(H,23,24). The number of halogens is 1. The molecule has 0 amide bonds. The number of benzene rings is 1. The molecule has 2 N–H and O–H groups in total. The Labute approximate surface area is 146 Å². The number of aromatic nitrogens is 3. The van der Waals surface area contributed by atoms with Crippen LogP contribution in [0.5, 0.6) is 0 Å². The lowest BCUT2D eigenvalue weighted by Gasteiger charge is -2.14. The summed E-state index contributed by atoms with van der Waals surface area (Å²) in [6.45, 7) is 3.21. The van der Waals surface area contributed by atoms with E-state index >= 15 is 0 Å². The van der Waals surface area contributed by atoms with Crippen LogP contribution in [-0.4, -0.2) is 52.4 Å². The maximum Gasteiger partial charge on any atom is 0.126 e. The number of nitrogens with zero attached hydrogens (tertiary/aromatic N) is 3. The highest BCUT2D eigenvalue weighted by Crippen LogP contribution is 2.26. The van der Waals surface area contributed by atoms with Gasteiger partial charge in [-0.1, -0.05) is 18.2 Å². The van der Waals surface area contributed by atoms with Crippen LogP contribution in [0, 0.1) is 0 Å². The summed E-state index contributed by atoms with van der Waals surface area (Å²) >= 11 is 0. The number of likely N-dealkylation sites (tertiary alicyclic amines) is 1. The molecule has 1 aliphatic heterocycles.